The summed E-state index contributed by atoms with van der Waals surface area (Å²) in [7, 11) is 0. The lowest BCUT2D eigenvalue weighted by molar-refractivity contribution is -0.117. The summed E-state index contributed by atoms with van der Waals surface area (Å²) in [6.45, 7) is 4.18. The Morgan fingerprint density at radius 1 is 1.07 bits per heavy atom. The predicted octanol–water partition coefficient (Wildman–Crippen LogP) is 4.85. The van der Waals surface area contributed by atoms with Crippen LogP contribution in [0.2, 0.25) is 0 Å². The monoisotopic (exact) mass is 370 g/mol. The lowest BCUT2D eigenvalue weighted by atomic mass is 10.1. The van der Waals surface area contributed by atoms with E-state index in [4.69, 9.17) is 4.74 Å². The molecule has 28 heavy (non-hydrogen) atoms. The van der Waals surface area contributed by atoms with Crippen molar-refractivity contribution in [2.75, 3.05) is 0 Å². The molecule has 3 aromatic rings. The van der Waals surface area contributed by atoms with Crippen LogP contribution in [0.5, 0.6) is 5.75 Å². The molecule has 3 aromatic carbocycles. The highest BCUT2D eigenvalue weighted by atomic mass is 16.5. The minimum Gasteiger partial charge on any atom is -0.489 e. The number of nitrogens with zero attached hydrogens (tertiary/aromatic N) is 1. The van der Waals surface area contributed by atoms with Gasteiger partial charge in [-0.25, -0.2) is 0 Å². The predicted molar refractivity (Wildman–Crippen MR) is 112 cm³/mol. The van der Waals surface area contributed by atoms with Crippen molar-refractivity contribution in [2.45, 2.75) is 26.5 Å². The standard InChI is InChI=1S/C24H22N2O2/c1-17(2)26-24(27)22(15-25)13-18-8-11-23(12-9-18)28-16-19-7-10-20-5-3-4-6-21(20)14-19/h3-14,17H,16H2,1-2H3,(H,26,27)/b22-13-. The molecule has 0 aromatic heterocycles. The van der Waals surface area contributed by atoms with E-state index in [2.05, 4.69) is 35.6 Å². The lowest BCUT2D eigenvalue weighted by Gasteiger charge is -2.08. The van der Waals surface area contributed by atoms with Gasteiger partial charge in [-0.2, -0.15) is 5.26 Å². The van der Waals surface area contributed by atoms with Crippen molar-refractivity contribution in [2.24, 2.45) is 0 Å². The van der Waals surface area contributed by atoms with Crippen LogP contribution in [0.25, 0.3) is 16.8 Å². The first-order chi connectivity index (χ1) is 13.5. The molecule has 140 valence electrons. The second kappa shape index (κ2) is 8.88. The Bertz CT molecular complexity index is 1040. The van der Waals surface area contributed by atoms with Crippen LogP contribution in [0.3, 0.4) is 0 Å². The number of amides is 1. The van der Waals surface area contributed by atoms with Gasteiger partial charge >= 0.3 is 0 Å². The normalized spacial score (nSPS) is 11.3. The van der Waals surface area contributed by atoms with Gasteiger partial charge in [0, 0.05) is 6.04 Å². The van der Waals surface area contributed by atoms with E-state index in [1.807, 2.05) is 56.3 Å². The number of nitrogens with one attached hydrogen (secondary N) is 1. The zero-order valence-corrected chi connectivity index (χ0v) is 16.0. The molecule has 0 saturated heterocycles. The Hall–Kier alpha value is -3.58. The van der Waals surface area contributed by atoms with Gasteiger partial charge in [-0.3, -0.25) is 4.79 Å². The highest BCUT2D eigenvalue weighted by Crippen LogP contribution is 2.19. The topological polar surface area (TPSA) is 62.1 Å². The summed E-state index contributed by atoms with van der Waals surface area (Å²) in [4.78, 5) is 12.0. The van der Waals surface area contributed by atoms with Crippen LogP contribution >= 0.6 is 0 Å². The molecule has 0 saturated carbocycles. The average Bonchev–Trinajstić information content (AvgIpc) is 2.70. The van der Waals surface area contributed by atoms with Gasteiger partial charge in [0.2, 0.25) is 0 Å². The van der Waals surface area contributed by atoms with Crippen LogP contribution in [0.15, 0.2) is 72.3 Å². The molecule has 0 aliphatic heterocycles. The molecule has 0 aliphatic carbocycles. The largest absolute Gasteiger partial charge is 0.489 e. The van der Waals surface area contributed by atoms with Gasteiger partial charge in [0.05, 0.1) is 0 Å². The first-order valence-electron chi connectivity index (χ1n) is 9.18. The van der Waals surface area contributed by atoms with Crippen molar-refractivity contribution in [3.05, 3.63) is 83.4 Å². The number of ether oxygens (including phenoxy) is 1. The van der Waals surface area contributed by atoms with E-state index in [0.717, 1.165) is 16.9 Å². The van der Waals surface area contributed by atoms with Crippen molar-refractivity contribution in [3.63, 3.8) is 0 Å². The number of benzene rings is 3. The number of hydrogen-bond acceptors (Lipinski definition) is 3. The Morgan fingerprint density at radius 3 is 2.46 bits per heavy atom. The van der Waals surface area contributed by atoms with Crippen molar-refractivity contribution < 1.29 is 9.53 Å². The Labute approximate surface area is 165 Å². The van der Waals surface area contributed by atoms with Crippen LogP contribution in [0.1, 0.15) is 25.0 Å². The van der Waals surface area contributed by atoms with Crippen molar-refractivity contribution in [1.29, 1.82) is 5.26 Å². The van der Waals surface area contributed by atoms with Crippen molar-refractivity contribution >= 4 is 22.8 Å². The highest BCUT2D eigenvalue weighted by molar-refractivity contribution is 6.01. The molecule has 0 fully saturated rings. The van der Waals surface area contributed by atoms with Crippen LogP contribution in [-0.2, 0) is 11.4 Å². The molecule has 1 amide bonds. The molecule has 1 N–H and O–H groups in total. The second-order valence-corrected chi connectivity index (χ2v) is 6.84. The van der Waals surface area contributed by atoms with Gasteiger partial charge in [-0.15, -0.1) is 0 Å². The van der Waals surface area contributed by atoms with E-state index in [1.165, 1.54) is 10.8 Å². The zero-order valence-electron chi connectivity index (χ0n) is 16.0. The second-order valence-electron chi connectivity index (χ2n) is 6.84. The van der Waals surface area contributed by atoms with Gasteiger partial charge in [0.15, 0.2) is 0 Å². The molecule has 0 atom stereocenters. The maximum Gasteiger partial charge on any atom is 0.262 e. The minimum absolute atomic E-state index is 0.0184. The number of nitriles is 1. The number of rotatable bonds is 6. The van der Waals surface area contributed by atoms with Crippen LogP contribution in [0.4, 0.5) is 0 Å². The van der Waals surface area contributed by atoms with Gasteiger partial charge in [0.1, 0.15) is 24.0 Å². The third-order valence-corrected chi connectivity index (χ3v) is 4.20. The maximum absolute atomic E-state index is 12.0. The minimum atomic E-state index is -0.367. The fraction of sp³-hybridized carbons (Fsp3) is 0.167. The third-order valence-electron chi connectivity index (χ3n) is 4.20. The molecule has 4 heteroatoms. The van der Waals surface area contributed by atoms with E-state index in [1.54, 1.807) is 6.08 Å². The van der Waals surface area contributed by atoms with E-state index in [0.29, 0.717) is 6.61 Å². The molecule has 3 rings (SSSR count). The molecule has 0 heterocycles. The summed E-state index contributed by atoms with van der Waals surface area (Å²) in [5.74, 6) is 0.365. The van der Waals surface area contributed by atoms with Crippen molar-refractivity contribution in [1.82, 2.24) is 5.32 Å². The Kier molecular flexibility index (Phi) is 6.08. The summed E-state index contributed by atoms with van der Waals surface area (Å²) < 4.78 is 5.86. The SMILES string of the molecule is CC(C)NC(=O)/C(C#N)=C\c1ccc(OCc2ccc3ccccc3c2)cc1. The smallest absolute Gasteiger partial charge is 0.262 e. The summed E-state index contributed by atoms with van der Waals surface area (Å²) in [6.07, 6.45) is 1.57. The number of carbonyl (C=O) groups is 1. The Morgan fingerprint density at radius 2 is 1.79 bits per heavy atom. The quantitative estimate of drug-likeness (QED) is 0.498. The first-order valence-corrected chi connectivity index (χ1v) is 9.18. The summed E-state index contributed by atoms with van der Waals surface area (Å²) in [5, 5.41) is 14.3. The molecule has 4 nitrogen and oxygen atoms in total. The number of fused-ring (bicyclic) bond motifs is 1. The number of hydrogen-bond donors (Lipinski definition) is 1. The van der Waals surface area contributed by atoms with Crippen molar-refractivity contribution in [3.8, 4) is 11.8 Å². The van der Waals surface area contributed by atoms with E-state index >= 15 is 0 Å². The van der Waals surface area contributed by atoms with Gasteiger partial charge in [0.25, 0.3) is 5.91 Å². The van der Waals surface area contributed by atoms with E-state index in [9.17, 15) is 10.1 Å². The van der Waals surface area contributed by atoms with E-state index < -0.39 is 0 Å². The summed E-state index contributed by atoms with van der Waals surface area (Å²) in [6, 6.07) is 23.8. The fourth-order valence-corrected chi connectivity index (χ4v) is 2.81. The fourth-order valence-electron chi connectivity index (χ4n) is 2.81. The van der Waals surface area contributed by atoms with Gasteiger partial charge < -0.3 is 10.1 Å². The summed E-state index contributed by atoms with van der Waals surface area (Å²) >= 11 is 0. The molecular weight excluding hydrogens is 348 g/mol. The average molecular weight is 370 g/mol. The molecular formula is C24H22N2O2. The van der Waals surface area contributed by atoms with Gasteiger partial charge in [-0.1, -0.05) is 48.5 Å². The van der Waals surface area contributed by atoms with E-state index in [-0.39, 0.29) is 17.5 Å². The first kappa shape index (κ1) is 19.2. The third kappa shape index (κ3) is 4.99. The molecule has 0 aliphatic rings. The maximum atomic E-state index is 12.0. The molecule has 0 spiro atoms. The van der Waals surface area contributed by atoms with Crippen LogP contribution < -0.4 is 10.1 Å². The lowest BCUT2D eigenvalue weighted by Crippen LogP contribution is -2.30. The summed E-state index contributed by atoms with van der Waals surface area (Å²) in [5.41, 5.74) is 1.95. The highest BCUT2D eigenvalue weighted by Gasteiger charge is 2.09. The number of carbonyl (C=O) groups excluding carboxylic acids is 1. The Balaban J connectivity index is 1.66. The zero-order chi connectivity index (χ0) is 19.9. The van der Waals surface area contributed by atoms with Gasteiger partial charge in [-0.05, 0) is 60.0 Å². The molecule has 0 unspecified atom stereocenters. The van der Waals surface area contributed by atoms with Crippen LogP contribution in [0, 0.1) is 11.3 Å². The van der Waals surface area contributed by atoms with Crippen LogP contribution in [-0.4, -0.2) is 11.9 Å². The molecule has 0 radical (unpaired) electrons. The molecule has 0 bridgehead atoms.